The molecular weight excluding hydrogens is 372 g/mol. The van der Waals surface area contributed by atoms with Gasteiger partial charge >= 0.3 is 0 Å². The zero-order valence-corrected chi connectivity index (χ0v) is 16.3. The average molecular weight is 392 g/mol. The van der Waals surface area contributed by atoms with Crippen LogP contribution in [0, 0.1) is 6.92 Å². The summed E-state index contributed by atoms with van der Waals surface area (Å²) >= 11 is 0. The molecule has 3 heterocycles. The van der Waals surface area contributed by atoms with Crippen LogP contribution in [0.5, 0.6) is 11.5 Å². The number of nitrogens with zero attached hydrogens (tertiary/aromatic N) is 5. The lowest BCUT2D eigenvalue weighted by atomic mass is 10.2. The van der Waals surface area contributed by atoms with E-state index in [9.17, 15) is 0 Å². The fraction of sp³-hybridized carbons (Fsp3) is 0.200. The van der Waals surface area contributed by atoms with Crippen LogP contribution in [-0.2, 0) is 6.54 Å². The van der Waals surface area contributed by atoms with Crippen molar-refractivity contribution in [2.45, 2.75) is 13.5 Å². The molecule has 1 aromatic carbocycles. The Balaban J connectivity index is 1.76. The molecule has 4 rings (SSSR count). The van der Waals surface area contributed by atoms with Crippen LogP contribution in [0.4, 0.5) is 5.95 Å². The van der Waals surface area contributed by atoms with Gasteiger partial charge in [0.1, 0.15) is 23.5 Å². The number of benzene rings is 1. The van der Waals surface area contributed by atoms with Crippen LogP contribution in [0.25, 0.3) is 23.3 Å². The van der Waals surface area contributed by atoms with Gasteiger partial charge in [-0.15, -0.1) is 5.10 Å². The van der Waals surface area contributed by atoms with Crippen LogP contribution >= 0.6 is 0 Å². The third-order valence-corrected chi connectivity index (χ3v) is 4.48. The average Bonchev–Trinajstić information content (AvgIpc) is 3.43. The molecule has 0 radical (unpaired) electrons. The molecule has 0 saturated carbocycles. The van der Waals surface area contributed by atoms with E-state index in [2.05, 4.69) is 31.9 Å². The second-order valence-corrected chi connectivity index (χ2v) is 6.19. The van der Waals surface area contributed by atoms with Crippen LogP contribution in [0.3, 0.4) is 0 Å². The topological polar surface area (TPSA) is 99.6 Å². The minimum atomic E-state index is 0.415. The molecule has 148 valence electrons. The monoisotopic (exact) mass is 392 g/mol. The zero-order valence-electron chi connectivity index (χ0n) is 16.3. The highest BCUT2D eigenvalue weighted by molar-refractivity contribution is 5.67. The summed E-state index contributed by atoms with van der Waals surface area (Å²) in [5, 5.41) is 7.76. The van der Waals surface area contributed by atoms with E-state index in [4.69, 9.17) is 13.9 Å². The first kappa shape index (κ1) is 18.5. The first-order valence-electron chi connectivity index (χ1n) is 8.89. The quantitative estimate of drug-likeness (QED) is 0.511. The number of hydrogen-bond donors (Lipinski definition) is 1. The Morgan fingerprint density at radius 2 is 2.10 bits per heavy atom. The number of anilines is 1. The Kier molecular flexibility index (Phi) is 4.86. The van der Waals surface area contributed by atoms with Crippen molar-refractivity contribution < 1.29 is 13.9 Å². The lowest BCUT2D eigenvalue weighted by Crippen LogP contribution is -2.10. The smallest absolute Gasteiger partial charge is 0.245 e. The van der Waals surface area contributed by atoms with Crippen molar-refractivity contribution in [2.24, 2.45) is 0 Å². The highest BCUT2D eigenvalue weighted by atomic mass is 16.5. The maximum atomic E-state index is 5.47. The largest absolute Gasteiger partial charge is 0.497 e. The van der Waals surface area contributed by atoms with Gasteiger partial charge in [0.25, 0.3) is 0 Å². The lowest BCUT2D eigenvalue weighted by molar-refractivity contribution is 0.391. The molecule has 0 saturated heterocycles. The fourth-order valence-corrected chi connectivity index (χ4v) is 2.98. The summed E-state index contributed by atoms with van der Waals surface area (Å²) in [5.74, 6) is 2.85. The number of nitrogens with one attached hydrogen (secondary N) is 1. The SMILES string of the molecule is C=Cc1nc2c(C)c(-c3ncco3)nc(NCc3ccc(OC)cc3OC)n2n1. The molecule has 29 heavy (non-hydrogen) atoms. The number of rotatable bonds is 7. The predicted molar refractivity (Wildman–Crippen MR) is 108 cm³/mol. The van der Waals surface area contributed by atoms with Gasteiger partial charge in [-0.1, -0.05) is 6.58 Å². The summed E-state index contributed by atoms with van der Waals surface area (Å²) in [7, 11) is 3.24. The van der Waals surface area contributed by atoms with Gasteiger partial charge in [-0.25, -0.2) is 15.0 Å². The molecule has 0 unspecified atom stereocenters. The molecule has 0 spiro atoms. The van der Waals surface area contributed by atoms with Gasteiger partial charge in [0.15, 0.2) is 11.5 Å². The molecule has 0 atom stereocenters. The highest BCUT2D eigenvalue weighted by Gasteiger charge is 2.18. The van der Waals surface area contributed by atoms with E-state index in [1.165, 1.54) is 6.26 Å². The van der Waals surface area contributed by atoms with Crippen LogP contribution < -0.4 is 14.8 Å². The molecule has 0 aliphatic rings. The highest BCUT2D eigenvalue weighted by Crippen LogP contribution is 2.27. The zero-order chi connectivity index (χ0) is 20.4. The van der Waals surface area contributed by atoms with E-state index in [1.807, 2.05) is 25.1 Å². The molecule has 0 amide bonds. The maximum absolute atomic E-state index is 5.47. The minimum absolute atomic E-state index is 0.415. The molecule has 0 aliphatic heterocycles. The van der Waals surface area contributed by atoms with E-state index in [1.54, 1.807) is 31.0 Å². The van der Waals surface area contributed by atoms with Gasteiger partial charge in [-0.2, -0.15) is 4.52 Å². The molecule has 9 heteroatoms. The van der Waals surface area contributed by atoms with Crippen molar-refractivity contribution in [1.82, 2.24) is 24.6 Å². The number of aromatic nitrogens is 5. The van der Waals surface area contributed by atoms with Crippen molar-refractivity contribution in [3.63, 3.8) is 0 Å². The standard InChI is InChI=1S/C20H20N6O3/c1-5-16-23-18-12(2)17(19-21-8-9-29-19)24-20(26(18)25-16)22-11-13-6-7-14(27-3)10-15(13)28-4/h5-10H,1,11H2,2-4H3,(H,22,24). The summed E-state index contributed by atoms with van der Waals surface area (Å²) in [6, 6.07) is 5.64. The van der Waals surface area contributed by atoms with Crippen molar-refractivity contribution in [3.8, 4) is 23.1 Å². The van der Waals surface area contributed by atoms with Crippen molar-refractivity contribution in [2.75, 3.05) is 19.5 Å². The third kappa shape index (κ3) is 3.38. The molecule has 9 nitrogen and oxygen atoms in total. The third-order valence-electron chi connectivity index (χ3n) is 4.48. The van der Waals surface area contributed by atoms with Gasteiger partial charge in [0, 0.05) is 23.7 Å². The Morgan fingerprint density at radius 1 is 1.24 bits per heavy atom. The summed E-state index contributed by atoms with van der Waals surface area (Å²) in [6.07, 6.45) is 4.68. The first-order chi connectivity index (χ1) is 14.1. The Hall–Kier alpha value is -3.88. The fourth-order valence-electron chi connectivity index (χ4n) is 2.98. The van der Waals surface area contributed by atoms with E-state index in [0.29, 0.717) is 41.3 Å². The van der Waals surface area contributed by atoms with Crippen molar-refractivity contribution in [3.05, 3.63) is 54.2 Å². The molecule has 0 aliphatic carbocycles. The van der Waals surface area contributed by atoms with E-state index < -0.39 is 0 Å². The summed E-state index contributed by atoms with van der Waals surface area (Å²) in [5.41, 5.74) is 2.98. The first-order valence-corrected chi connectivity index (χ1v) is 8.89. The second-order valence-electron chi connectivity index (χ2n) is 6.19. The minimum Gasteiger partial charge on any atom is -0.497 e. The normalized spacial score (nSPS) is 10.9. The number of oxazole rings is 1. The molecular formula is C20H20N6O3. The number of aryl methyl sites for hydroxylation is 1. The van der Waals surface area contributed by atoms with Crippen LogP contribution in [0.2, 0.25) is 0 Å². The number of fused-ring (bicyclic) bond motifs is 1. The predicted octanol–water partition coefficient (Wildman–Crippen LogP) is 3.36. The number of ether oxygens (including phenoxy) is 2. The van der Waals surface area contributed by atoms with Gasteiger partial charge in [-0.3, -0.25) is 0 Å². The number of hydrogen-bond acceptors (Lipinski definition) is 8. The van der Waals surface area contributed by atoms with Crippen molar-refractivity contribution in [1.29, 1.82) is 0 Å². The van der Waals surface area contributed by atoms with Gasteiger partial charge in [-0.05, 0) is 25.1 Å². The van der Waals surface area contributed by atoms with Gasteiger partial charge in [0.05, 0.1) is 20.4 Å². The Labute approximate surface area is 167 Å². The second kappa shape index (κ2) is 7.63. The summed E-state index contributed by atoms with van der Waals surface area (Å²) < 4.78 is 17.8. The molecule has 4 aromatic rings. The van der Waals surface area contributed by atoms with Crippen LogP contribution in [0.1, 0.15) is 17.0 Å². The molecule has 3 aromatic heterocycles. The summed E-state index contributed by atoms with van der Waals surface area (Å²) in [4.78, 5) is 13.4. The van der Waals surface area contributed by atoms with Crippen LogP contribution in [-0.4, -0.2) is 38.8 Å². The lowest BCUT2D eigenvalue weighted by Gasteiger charge is -2.13. The van der Waals surface area contributed by atoms with Crippen LogP contribution in [0.15, 0.2) is 41.7 Å². The Bertz CT molecular complexity index is 1170. The molecule has 1 N–H and O–H groups in total. The number of methoxy groups -OCH3 is 2. The molecule has 0 fully saturated rings. The van der Waals surface area contributed by atoms with E-state index in [0.717, 1.165) is 16.9 Å². The molecule has 0 bridgehead atoms. The Morgan fingerprint density at radius 3 is 2.79 bits per heavy atom. The van der Waals surface area contributed by atoms with E-state index in [-0.39, 0.29) is 0 Å². The van der Waals surface area contributed by atoms with E-state index >= 15 is 0 Å². The maximum Gasteiger partial charge on any atom is 0.245 e. The summed E-state index contributed by atoms with van der Waals surface area (Å²) in [6.45, 7) is 6.11. The van der Waals surface area contributed by atoms with Gasteiger partial charge < -0.3 is 19.2 Å². The van der Waals surface area contributed by atoms with Crippen molar-refractivity contribution >= 4 is 17.7 Å². The van der Waals surface area contributed by atoms with Gasteiger partial charge in [0.2, 0.25) is 11.8 Å².